The van der Waals surface area contributed by atoms with Gasteiger partial charge in [0, 0.05) is 18.7 Å². The summed E-state index contributed by atoms with van der Waals surface area (Å²) in [6, 6.07) is 6.45. The van der Waals surface area contributed by atoms with Crippen LogP contribution in [0.4, 0.5) is 0 Å². The second-order valence-corrected chi connectivity index (χ2v) is 9.85. The summed E-state index contributed by atoms with van der Waals surface area (Å²) in [4.78, 5) is 21.1. The van der Waals surface area contributed by atoms with E-state index in [1.54, 1.807) is 24.3 Å². The minimum absolute atomic E-state index is 0.0822. The molecule has 1 aliphatic rings. The minimum atomic E-state index is -3.32. The predicted octanol–water partition coefficient (Wildman–Crippen LogP) is 3.25. The Balaban J connectivity index is 1.78. The number of nitrogens with one attached hydrogen (secondary N) is 1. The maximum absolute atomic E-state index is 12.4. The summed E-state index contributed by atoms with van der Waals surface area (Å²) in [5.41, 5.74) is 1.13. The fraction of sp³-hybridized carbons (Fsp3) is 0.632. The van der Waals surface area contributed by atoms with Gasteiger partial charge in [-0.05, 0) is 43.4 Å². The van der Waals surface area contributed by atoms with Gasteiger partial charge in [-0.3, -0.25) is 4.57 Å². The van der Waals surface area contributed by atoms with Crippen LogP contribution in [0.2, 0.25) is 0 Å². The molecular weight excluding hydrogens is 353 g/mol. The summed E-state index contributed by atoms with van der Waals surface area (Å²) in [5.74, 6) is -0.657. The highest BCUT2D eigenvalue weighted by Crippen LogP contribution is 2.45. The Bertz CT molecular complexity index is 627. The second kappa shape index (κ2) is 9.65. The lowest BCUT2D eigenvalue weighted by Gasteiger charge is -2.25. The molecule has 0 spiro atoms. The van der Waals surface area contributed by atoms with E-state index in [4.69, 9.17) is 5.11 Å². The molecule has 26 heavy (non-hydrogen) atoms. The van der Waals surface area contributed by atoms with Crippen molar-refractivity contribution >= 4 is 13.3 Å². The van der Waals surface area contributed by atoms with Crippen molar-refractivity contribution in [2.75, 3.05) is 18.9 Å². The quantitative estimate of drug-likeness (QED) is 0.488. The SMILES string of the molecule is CC(NCC(O)CP(=O)(O)CC1CCCCC1)c1ccc(C(=O)O)cc1. The first-order valence-corrected chi connectivity index (χ1v) is 11.4. The van der Waals surface area contributed by atoms with Crippen LogP contribution in [0.5, 0.6) is 0 Å². The molecule has 0 saturated heterocycles. The molecule has 0 heterocycles. The van der Waals surface area contributed by atoms with E-state index in [0.29, 0.717) is 12.1 Å². The third-order valence-corrected chi connectivity index (χ3v) is 7.16. The van der Waals surface area contributed by atoms with Crippen molar-refractivity contribution in [2.24, 2.45) is 5.92 Å². The summed E-state index contributed by atoms with van der Waals surface area (Å²) in [5, 5.41) is 22.2. The van der Waals surface area contributed by atoms with E-state index in [-0.39, 0.29) is 24.3 Å². The van der Waals surface area contributed by atoms with Crippen LogP contribution >= 0.6 is 7.37 Å². The molecule has 3 unspecified atom stereocenters. The first kappa shape index (κ1) is 21.1. The molecule has 0 amide bonds. The van der Waals surface area contributed by atoms with Crippen molar-refractivity contribution in [3.8, 4) is 0 Å². The maximum atomic E-state index is 12.4. The van der Waals surface area contributed by atoms with E-state index < -0.39 is 19.4 Å². The van der Waals surface area contributed by atoms with Crippen molar-refractivity contribution in [3.63, 3.8) is 0 Å². The summed E-state index contributed by atoms with van der Waals surface area (Å²) in [7, 11) is -3.32. The zero-order chi connectivity index (χ0) is 19.2. The summed E-state index contributed by atoms with van der Waals surface area (Å²) >= 11 is 0. The van der Waals surface area contributed by atoms with E-state index in [1.165, 1.54) is 6.42 Å². The number of hydrogen-bond donors (Lipinski definition) is 4. The molecule has 3 atom stereocenters. The van der Waals surface area contributed by atoms with Crippen LogP contribution in [-0.2, 0) is 4.57 Å². The van der Waals surface area contributed by atoms with Crippen LogP contribution in [0.3, 0.4) is 0 Å². The van der Waals surface area contributed by atoms with Crippen LogP contribution in [0.25, 0.3) is 0 Å². The third-order valence-electron chi connectivity index (χ3n) is 5.08. The predicted molar refractivity (Wildman–Crippen MR) is 102 cm³/mol. The summed E-state index contributed by atoms with van der Waals surface area (Å²) in [6.45, 7) is 2.13. The Morgan fingerprint density at radius 3 is 2.42 bits per heavy atom. The molecule has 0 aliphatic heterocycles. The number of carboxylic acid groups (broad SMARTS) is 1. The van der Waals surface area contributed by atoms with Gasteiger partial charge in [0.2, 0.25) is 7.37 Å². The molecule has 0 bridgehead atoms. The Labute approximate surface area is 155 Å². The van der Waals surface area contributed by atoms with E-state index in [0.717, 1.165) is 31.2 Å². The number of carbonyl (C=O) groups is 1. The second-order valence-electron chi connectivity index (χ2n) is 7.43. The summed E-state index contributed by atoms with van der Waals surface area (Å²) < 4.78 is 12.4. The number of aliphatic hydroxyl groups excluding tert-OH is 1. The molecule has 146 valence electrons. The molecule has 7 heteroatoms. The number of aromatic carboxylic acids is 1. The molecule has 1 fully saturated rings. The average Bonchev–Trinajstić information content (AvgIpc) is 2.59. The van der Waals surface area contributed by atoms with Gasteiger partial charge in [0.15, 0.2) is 0 Å². The van der Waals surface area contributed by atoms with Crippen LogP contribution in [0, 0.1) is 5.92 Å². The topological polar surface area (TPSA) is 107 Å². The smallest absolute Gasteiger partial charge is 0.335 e. The fourth-order valence-electron chi connectivity index (χ4n) is 3.59. The lowest BCUT2D eigenvalue weighted by Crippen LogP contribution is -2.32. The normalized spacial score (nSPS) is 20.3. The molecule has 1 aromatic carbocycles. The van der Waals surface area contributed by atoms with Crippen molar-refractivity contribution < 1.29 is 24.5 Å². The lowest BCUT2D eigenvalue weighted by molar-refractivity contribution is 0.0697. The zero-order valence-electron chi connectivity index (χ0n) is 15.3. The monoisotopic (exact) mass is 383 g/mol. The third kappa shape index (κ3) is 6.84. The molecule has 0 aromatic heterocycles. The van der Waals surface area contributed by atoms with Gasteiger partial charge in [-0.2, -0.15) is 0 Å². The van der Waals surface area contributed by atoms with Crippen LogP contribution < -0.4 is 5.32 Å². The van der Waals surface area contributed by atoms with E-state index in [1.807, 2.05) is 6.92 Å². The number of aliphatic hydroxyl groups is 1. The largest absolute Gasteiger partial charge is 0.478 e. The molecule has 1 aromatic rings. The molecule has 0 radical (unpaired) electrons. The number of carboxylic acids is 1. The van der Waals surface area contributed by atoms with Gasteiger partial charge in [0.1, 0.15) is 0 Å². The first-order chi connectivity index (χ1) is 12.3. The standard InChI is InChI=1S/C19H30NO5P/c1-14(16-7-9-17(10-8-16)19(22)23)20-11-18(21)13-26(24,25)12-15-5-3-2-4-6-15/h7-10,14-15,18,20-21H,2-6,11-13H2,1H3,(H,22,23)(H,24,25). The molecule has 6 nitrogen and oxygen atoms in total. The number of hydrogen-bond acceptors (Lipinski definition) is 4. The average molecular weight is 383 g/mol. The van der Waals surface area contributed by atoms with Crippen LogP contribution in [-0.4, -0.2) is 46.0 Å². The molecule has 4 N–H and O–H groups in total. The van der Waals surface area contributed by atoms with Crippen LogP contribution in [0.1, 0.15) is 61.0 Å². The molecular formula is C19H30NO5P. The van der Waals surface area contributed by atoms with Gasteiger partial charge in [-0.15, -0.1) is 0 Å². The lowest BCUT2D eigenvalue weighted by atomic mass is 9.91. The Morgan fingerprint density at radius 2 is 1.85 bits per heavy atom. The van der Waals surface area contributed by atoms with Gasteiger partial charge >= 0.3 is 5.97 Å². The van der Waals surface area contributed by atoms with Gasteiger partial charge < -0.3 is 20.4 Å². The fourth-order valence-corrected chi connectivity index (χ4v) is 5.70. The zero-order valence-corrected chi connectivity index (χ0v) is 16.2. The Kier molecular flexibility index (Phi) is 7.84. The van der Waals surface area contributed by atoms with Gasteiger partial charge in [0.05, 0.1) is 17.8 Å². The van der Waals surface area contributed by atoms with Crippen molar-refractivity contribution in [2.45, 2.75) is 51.2 Å². The van der Waals surface area contributed by atoms with Gasteiger partial charge in [-0.25, -0.2) is 4.79 Å². The van der Waals surface area contributed by atoms with Gasteiger partial charge in [-0.1, -0.05) is 31.4 Å². The Morgan fingerprint density at radius 1 is 1.23 bits per heavy atom. The van der Waals surface area contributed by atoms with Crippen molar-refractivity contribution in [1.82, 2.24) is 5.32 Å². The maximum Gasteiger partial charge on any atom is 0.335 e. The molecule has 2 rings (SSSR count). The first-order valence-electron chi connectivity index (χ1n) is 9.32. The molecule has 1 saturated carbocycles. The Hall–Kier alpha value is -1.20. The van der Waals surface area contributed by atoms with Crippen molar-refractivity contribution in [3.05, 3.63) is 35.4 Å². The van der Waals surface area contributed by atoms with E-state index in [2.05, 4.69) is 5.32 Å². The number of rotatable bonds is 9. The highest BCUT2D eigenvalue weighted by Gasteiger charge is 2.28. The van der Waals surface area contributed by atoms with Gasteiger partial charge in [0.25, 0.3) is 0 Å². The number of benzene rings is 1. The van der Waals surface area contributed by atoms with Crippen LogP contribution in [0.15, 0.2) is 24.3 Å². The summed E-state index contributed by atoms with van der Waals surface area (Å²) in [6.07, 6.45) is 4.86. The van der Waals surface area contributed by atoms with E-state index in [9.17, 15) is 19.4 Å². The highest BCUT2D eigenvalue weighted by atomic mass is 31.2. The van der Waals surface area contributed by atoms with E-state index >= 15 is 0 Å². The molecule has 1 aliphatic carbocycles. The van der Waals surface area contributed by atoms with Crippen molar-refractivity contribution in [1.29, 1.82) is 0 Å². The highest BCUT2D eigenvalue weighted by molar-refractivity contribution is 7.58. The minimum Gasteiger partial charge on any atom is -0.478 e.